The highest BCUT2D eigenvalue weighted by Gasteiger charge is 2.34. The Labute approximate surface area is 114 Å². The molecule has 0 aliphatic carbocycles. The van der Waals surface area contributed by atoms with E-state index in [0.29, 0.717) is 13.1 Å². The summed E-state index contributed by atoms with van der Waals surface area (Å²) in [6, 6.07) is 3.29. The van der Waals surface area contributed by atoms with Gasteiger partial charge >= 0.3 is 6.18 Å². The van der Waals surface area contributed by atoms with Gasteiger partial charge in [0.05, 0.1) is 12.7 Å². The summed E-state index contributed by atoms with van der Waals surface area (Å²) in [5, 5.41) is 0. The number of carbonyl (C=O) groups excluding carboxylic acids is 1. The van der Waals surface area contributed by atoms with Gasteiger partial charge in [-0.2, -0.15) is 13.2 Å². The Kier molecular flexibility index (Phi) is 3.89. The van der Waals surface area contributed by atoms with Gasteiger partial charge in [-0.3, -0.25) is 4.79 Å². The van der Waals surface area contributed by atoms with Gasteiger partial charge in [-0.1, -0.05) is 0 Å². The van der Waals surface area contributed by atoms with E-state index in [-0.39, 0.29) is 29.7 Å². The molecule has 1 heterocycles. The van der Waals surface area contributed by atoms with Crippen molar-refractivity contribution in [3.8, 4) is 5.75 Å². The highest BCUT2D eigenvalue weighted by Crippen LogP contribution is 2.36. The molecule has 7 heteroatoms. The standard InChI is InChI=1S/C13H15F3N2O2/c1-20-11-4-9(13(14,15)16)3-10(5-11)18-7-8(6-17)2-12(18)19/h3-5,8H,2,6-7,17H2,1H3. The van der Waals surface area contributed by atoms with E-state index in [2.05, 4.69) is 0 Å². The maximum atomic E-state index is 12.8. The first kappa shape index (κ1) is 14.6. The van der Waals surface area contributed by atoms with E-state index in [9.17, 15) is 18.0 Å². The second-order valence-electron chi connectivity index (χ2n) is 4.73. The zero-order valence-electron chi connectivity index (χ0n) is 10.9. The number of nitrogens with two attached hydrogens (primary N) is 1. The maximum Gasteiger partial charge on any atom is 0.416 e. The van der Waals surface area contributed by atoms with Crippen molar-refractivity contribution in [1.29, 1.82) is 0 Å². The topological polar surface area (TPSA) is 55.6 Å². The van der Waals surface area contributed by atoms with E-state index in [4.69, 9.17) is 10.5 Å². The SMILES string of the molecule is COc1cc(N2CC(CN)CC2=O)cc(C(F)(F)F)c1. The molecule has 1 unspecified atom stereocenters. The Balaban J connectivity index is 2.39. The number of ether oxygens (including phenoxy) is 1. The number of benzene rings is 1. The Bertz CT molecular complexity index is 517. The first-order valence-electron chi connectivity index (χ1n) is 6.12. The first-order valence-corrected chi connectivity index (χ1v) is 6.12. The van der Waals surface area contributed by atoms with Gasteiger partial charge in [0.1, 0.15) is 5.75 Å². The fourth-order valence-corrected chi connectivity index (χ4v) is 2.21. The molecule has 1 aliphatic rings. The smallest absolute Gasteiger partial charge is 0.416 e. The zero-order chi connectivity index (χ0) is 14.9. The lowest BCUT2D eigenvalue weighted by Gasteiger charge is -2.19. The summed E-state index contributed by atoms with van der Waals surface area (Å²) in [5.41, 5.74) is 4.86. The van der Waals surface area contributed by atoms with Crippen molar-refractivity contribution < 1.29 is 22.7 Å². The zero-order valence-corrected chi connectivity index (χ0v) is 10.9. The van der Waals surface area contributed by atoms with Crippen molar-refractivity contribution in [2.75, 3.05) is 25.1 Å². The highest BCUT2D eigenvalue weighted by molar-refractivity contribution is 5.96. The number of rotatable bonds is 3. The lowest BCUT2D eigenvalue weighted by atomic mass is 10.1. The molecular formula is C13H15F3N2O2. The number of carbonyl (C=O) groups is 1. The number of alkyl halides is 3. The molecule has 1 saturated heterocycles. The van der Waals surface area contributed by atoms with Crippen LogP contribution in [0.3, 0.4) is 0 Å². The molecule has 1 fully saturated rings. The average Bonchev–Trinajstić information content (AvgIpc) is 2.78. The quantitative estimate of drug-likeness (QED) is 0.926. The molecule has 4 nitrogen and oxygen atoms in total. The molecule has 0 saturated carbocycles. The number of nitrogens with zero attached hydrogens (tertiary/aromatic N) is 1. The normalized spacial score (nSPS) is 19.6. The van der Waals surface area contributed by atoms with Crippen molar-refractivity contribution in [1.82, 2.24) is 0 Å². The second-order valence-corrected chi connectivity index (χ2v) is 4.73. The van der Waals surface area contributed by atoms with Crippen molar-refractivity contribution in [3.63, 3.8) is 0 Å². The summed E-state index contributed by atoms with van der Waals surface area (Å²) in [6.07, 6.45) is -4.23. The minimum atomic E-state index is -4.49. The van der Waals surface area contributed by atoms with Gasteiger partial charge in [0.2, 0.25) is 5.91 Å². The summed E-state index contributed by atoms with van der Waals surface area (Å²) in [6.45, 7) is 0.665. The van der Waals surface area contributed by atoms with E-state index < -0.39 is 11.7 Å². The fraction of sp³-hybridized carbons (Fsp3) is 0.462. The van der Waals surface area contributed by atoms with E-state index in [1.807, 2.05) is 0 Å². The van der Waals surface area contributed by atoms with Crippen LogP contribution in [-0.2, 0) is 11.0 Å². The van der Waals surface area contributed by atoms with Crippen LogP contribution in [0.5, 0.6) is 5.75 Å². The number of amides is 1. The van der Waals surface area contributed by atoms with E-state index in [1.165, 1.54) is 18.1 Å². The van der Waals surface area contributed by atoms with E-state index in [0.717, 1.165) is 12.1 Å². The molecule has 1 aromatic carbocycles. The van der Waals surface area contributed by atoms with E-state index in [1.54, 1.807) is 0 Å². The molecule has 2 N–H and O–H groups in total. The van der Waals surface area contributed by atoms with Gasteiger partial charge < -0.3 is 15.4 Å². The van der Waals surface area contributed by atoms with Crippen molar-refractivity contribution in [2.45, 2.75) is 12.6 Å². The van der Waals surface area contributed by atoms with Crippen LogP contribution in [0, 0.1) is 5.92 Å². The monoisotopic (exact) mass is 288 g/mol. The van der Waals surface area contributed by atoms with Gasteiger partial charge in [0.25, 0.3) is 0 Å². The summed E-state index contributed by atoms with van der Waals surface area (Å²) >= 11 is 0. The number of methoxy groups -OCH3 is 1. The van der Waals surface area contributed by atoms with Gasteiger partial charge in [-0.05, 0) is 24.6 Å². The molecule has 1 atom stereocenters. The Morgan fingerprint density at radius 2 is 2.10 bits per heavy atom. The van der Waals surface area contributed by atoms with Crippen molar-refractivity contribution >= 4 is 11.6 Å². The van der Waals surface area contributed by atoms with Crippen LogP contribution in [0.2, 0.25) is 0 Å². The summed E-state index contributed by atoms with van der Waals surface area (Å²) in [4.78, 5) is 13.2. The third-order valence-electron chi connectivity index (χ3n) is 3.30. The van der Waals surface area contributed by atoms with Crippen LogP contribution in [0.25, 0.3) is 0 Å². The van der Waals surface area contributed by atoms with Crippen LogP contribution in [-0.4, -0.2) is 26.1 Å². The fourth-order valence-electron chi connectivity index (χ4n) is 2.21. The lowest BCUT2D eigenvalue weighted by Crippen LogP contribution is -2.26. The number of hydrogen-bond donors (Lipinski definition) is 1. The summed E-state index contributed by atoms with van der Waals surface area (Å²) in [7, 11) is 1.29. The Morgan fingerprint density at radius 1 is 1.40 bits per heavy atom. The molecule has 0 radical (unpaired) electrons. The summed E-state index contributed by atoms with van der Waals surface area (Å²) in [5.74, 6) is -0.177. The molecule has 20 heavy (non-hydrogen) atoms. The third-order valence-corrected chi connectivity index (χ3v) is 3.30. The Morgan fingerprint density at radius 3 is 2.60 bits per heavy atom. The van der Waals surface area contributed by atoms with Gasteiger partial charge in [-0.25, -0.2) is 0 Å². The van der Waals surface area contributed by atoms with Crippen molar-refractivity contribution in [3.05, 3.63) is 23.8 Å². The van der Waals surface area contributed by atoms with Crippen LogP contribution in [0.4, 0.5) is 18.9 Å². The predicted octanol–water partition coefficient (Wildman–Crippen LogP) is 2.03. The van der Waals surface area contributed by atoms with Crippen LogP contribution < -0.4 is 15.4 Å². The molecule has 1 aliphatic heterocycles. The van der Waals surface area contributed by atoms with Crippen molar-refractivity contribution in [2.24, 2.45) is 11.7 Å². The minimum absolute atomic E-state index is 0.0250. The highest BCUT2D eigenvalue weighted by atomic mass is 19.4. The second kappa shape index (κ2) is 5.32. The maximum absolute atomic E-state index is 12.8. The molecule has 0 bridgehead atoms. The third kappa shape index (κ3) is 2.87. The molecule has 110 valence electrons. The van der Waals surface area contributed by atoms with Crippen LogP contribution in [0.1, 0.15) is 12.0 Å². The molecule has 0 aromatic heterocycles. The minimum Gasteiger partial charge on any atom is -0.497 e. The molecule has 2 rings (SSSR count). The first-order chi connectivity index (χ1) is 9.35. The van der Waals surface area contributed by atoms with Gasteiger partial charge in [-0.15, -0.1) is 0 Å². The predicted molar refractivity (Wildman–Crippen MR) is 67.5 cm³/mol. The van der Waals surface area contributed by atoms with Gasteiger partial charge in [0, 0.05) is 24.7 Å². The number of anilines is 1. The number of halogens is 3. The number of hydrogen-bond acceptors (Lipinski definition) is 3. The van der Waals surface area contributed by atoms with Crippen LogP contribution in [0.15, 0.2) is 18.2 Å². The van der Waals surface area contributed by atoms with E-state index >= 15 is 0 Å². The molecule has 1 aromatic rings. The molecule has 0 spiro atoms. The lowest BCUT2D eigenvalue weighted by molar-refractivity contribution is -0.137. The average molecular weight is 288 g/mol. The summed E-state index contributed by atoms with van der Waals surface area (Å²) < 4.78 is 43.4. The molecule has 1 amide bonds. The Hall–Kier alpha value is -1.76. The molecular weight excluding hydrogens is 273 g/mol. The largest absolute Gasteiger partial charge is 0.497 e. The van der Waals surface area contributed by atoms with Gasteiger partial charge in [0.15, 0.2) is 0 Å². The van der Waals surface area contributed by atoms with Crippen LogP contribution >= 0.6 is 0 Å².